The number of nitrogens with zero attached hydrogens (tertiary/aromatic N) is 3. The van der Waals surface area contributed by atoms with E-state index in [1.54, 1.807) is 6.92 Å². The van der Waals surface area contributed by atoms with E-state index in [0.717, 1.165) is 67.2 Å². The van der Waals surface area contributed by atoms with Gasteiger partial charge in [-0.2, -0.15) is 0 Å². The van der Waals surface area contributed by atoms with Crippen molar-refractivity contribution in [1.29, 1.82) is 0 Å². The molecule has 1 fully saturated rings. The summed E-state index contributed by atoms with van der Waals surface area (Å²) in [4.78, 5) is 18.4. The number of carbonyl (C=O) groups excluding carboxylic acids is 1. The summed E-state index contributed by atoms with van der Waals surface area (Å²) < 4.78 is 2.31. The number of aliphatic imine (C=N–C) groups is 1. The second-order valence-electron chi connectivity index (χ2n) is 9.74. The normalized spacial score (nSPS) is 15.5. The number of hydrogen-bond acceptors (Lipinski definition) is 4. The molecule has 36 heavy (non-hydrogen) atoms. The molecule has 1 aromatic heterocycles. The number of anilines is 2. The molecule has 6 nitrogen and oxygen atoms in total. The van der Waals surface area contributed by atoms with Crippen molar-refractivity contribution < 1.29 is 4.79 Å². The van der Waals surface area contributed by atoms with Crippen molar-refractivity contribution in [2.75, 3.05) is 30.3 Å². The maximum absolute atomic E-state index is 11.7. The van der Waals surface area contributed by atoms with Crippen molar-refractivity contribution in [3.05, 3.63) is 78.5 Å². The highest BCUT2D eigenvalue weighted by molar-refractivity contribution is 5.96. The summed E-state index contributed by atoms with van der Waals surface area (Å²) in [5.74, 6) is 0.166. The van der Waals surface area contributed by atoms with Crippen LogP contribution in [0.1, 0.15) is 25.3 Å². The van der Waals surface area contributed by atoms with Crippen LogP contribution in [0.4, 0.5) is 17.1 Å². The third kappa shape index (κ3) is 4.47. The van der Waals surface area contributed by atoms with Crippen molar-refractivity contribution >= 4 is 40.1 Å². The number of piperidine rings is 1. The van der Waals surface area contributed by atoms with E-state index in [2.05, 4.69) is 88.1 Å². The van der Waals surface area contributed by atoms with Crippen LogP contribution < -0.4 is 10.6 Å². The lowest BCUT2D eigenvalue weighted by molar-refractivity contribution is -0.129. The zero-order valence-corrected chi connectivity index (χ0v) is 20.6. The minimum Gasteiger partial charge on any atom is -0.382 e. The van der Waals surface area contributed by atoms with Crippen LogP contribution in [0.15, 0.2) is 77.9 Å². The summed E-state index contributed by atoms with van der Waals surface area (Å²) in [6.45, 7) is 4.84. The molecule has 0 saturated carbocycles. The molecule has 1 amide bonds. The van der Waals surface area contributed by atoms with Crippen LogP contribution in [0.3, 0.4) is 0 Å². The van der Waals surface area contributed by atoms with Gasteiger partial charge in [-0.3, -0.25) is 9.79 Å². The highest BCUT2D eigenvalue weighted by Gasteiger charge is 2.22. The van der Waals surface area contributed by atoms with Gasteiger partial charge in [0.2, 0.25) is 5.91 Å². The van der Waals surface area contributed by atoms with Gasteiger partial charge < -0.3 is 20.1 Å². The quantitative estimate of drug-likeness (QED) is 0.376. The average molecular weight is 478 g/mol. The Labute approximate surface area is 211 Å². The van der Waals surface area contributed by atoms with E-state index in [-0.39, 0.29) is 5.91 Å². The van der Waals surface area contributed by atoms with E-state index in [1.165, 1.54) is 16.5 Å². The molecule has 2 N–H and O–H groups in total. The first kappa shape index (κ1) is 22.4. The van der Waals surface area contributed by atoms with Crippen LogP contribution >= 0.6 is 0 Å². The molecular formula is C30H31N5O. The molecule has 2 aliphatic rings. The number of rotatable bonds is 5. The fraction of sp³-hybridized carbons (Fsp3) is 0.267. The number of hydrogen-bond donors (Lipinski definition) is 2. The maximum atomic E-state index is 11.7. The molecule has 6 rings (SSSR count). The number of benzene rings is 3. The number of fused-ring (bicyclic) bond motifs is 2. The van der Waals surface area contributed by atoms with Gasteiger partial charge in [0.25, 0.3) is 0 Å². The van der Waals surface area contributed by atoms with E-state index in [9.17, 15) is 4.79 Å². The standard InChI is InChI=1S/C30H31N5O/c1-21(36)34-15-10-25(11-16-34)33-26-18-27(30-28(19-26)31-12-13-32-30)24-8-7-23-9-14-35(29(23)17-24)20-22-5-3-2-4-6-22/h2-9,13-14,17-19,25,31,33H,10-12,15-16,20H2,1H3. The van der Waals surface area contributed by atoms with Crippen LogP contribution in [0.5, 0.6) is 0 Å². The Morgan fingerprint density at radius 2 is 1.89 bits per heavy atom. The van der Waals surface area contributed by atoms with Crippen LogP contribution in [0, 0.1) is 0 Å². The van der Waals surface area contributed by atoms with E-state index in [0.29, 0.717) is 6.04 Å². The molecule has 0 spiro atoms. The molecule has 0 atom stereocenters. The van der Waals surface area contributed by atoms with Crippen LogP contribution in [-0.4, -0.2) is 47.3 Å². The zero-order chi connectivity index (χ0) is 24.5. The van der Waals surface area contributed by atoms with Gasteiger partial charge in [-0.25, -0.2) is 0 Å². The lowest BCUT2D eigenvalue weighted by atomic mass is 9.98. The van der Waals surface area contributed by atoms with Crippen molar-refractivity contribution in [2.24, 2.45) is 4.99 Å². The first-order chi connectivity index (χ1) is 17.6. The number of aromatic nitrogens is 1. The van der Waals surface area contributed by atoms with Gasteiger partial charge in [0, 0.05) is 61.8 Å². The van der Waals surface area contributed by atoms with Gasteiger partial charge in [-0.15, -0.1) is 0 Å². The summed E-state index contributed by atoms with van der Waals surface area (Å²) in [6, 6.07) is 24.2. The molecule has 0 aliphatic carbocycles. The summed E-state index contributed by atoms with van der Waals surface area (Å²) >= 11 is 0. The highest BCUT2D eigenvalue weighted by atomic mass is 16.2. The van der Waals surface area contributed by atoms with E-state index in [1.807, 2.05) is 11.1 Å². The first-order valence-corrected chi connectivity index (χ1v) is 12.7. The molecule has 3 heterocycles. The summed E-state index contributed by atoms with van der Waals surface area (Å²) in [7, 11) is 0. The molecule has 0 bridgehead atoms. The van der Waals surface area contributed by atoms with Crippen molar-refractivity contribution in [2.45, 2.75) is 32.4 Å². The predicted molar refractivity (Wildman–Crippen MR) is 148 cm³/mol. The molecule has 0 radical (unpaired) electrons. The fourth-order valence-electron chi connectivity index (χ4n) is 5.35. The number of likely N-dealkylation sites (tertiary alicyclic amines) is 1. The second-order valence-corrected chi connectivity index (χ2v) is 9.74. The Kier molecular flexibility index (Phi) is 5.93. The molecule has 4 aromatic rings. The maximum Gasteiger partial charge on any atom is 0.219 e. The second kappa shape index (κ2) is 9.53. The minimum atomic E-state index is 0.166. The van der Waals surface area contributed by atoms with Gasteiger partial charge in [0.15, 0.2) is 0 Å². The molecule has 0 unspecified atom stereocenters. The van der Waals surface area contributed by atoms with Crippen LogP contribution in [0.25, 0.3) is 22.0 Å². The zero-order valence-electron chi connectivity index (χ0n) is 20.6. The minimum absolute atomic E-state index is 0.166. The molecule has 6 heteroatoms. The molecular weight excluding hydrogens is 446 g/mol. The Morgan fingerprint density at radius 3 is 2.69 bits per heavy atom. The Morgan fingerprint density at radius 1 is 1.06 bits per heavy atom. The Balaban J connectivity index is 1.33. The van der Waals surface area contributed by atoms with E-state index in [4.69, 9.17) is 4.99 Å². The van der Waals surface area contributed by atoms with E-state index < -0.39 is 0 Å². The molecule has 2 aliphatic heterocycles. The van der Waals surface area contributed by atoms with Gasteiger partial charge in [0.1, 0.15) is 0 Å². The van der Waals surface area contributed by atoms with Gasteiger partial charge in [-0.1, -0.05) is 42.5 Å². The number of amides is 1. The summed E-state index contributed by atoms with van der Waals surface area (Å²) in [5, 5.41) is 8.48. The van der Waals surface area contributed by atoms with Crippen molar-refractivity contribution in [3.8, 4) is 11.1 Å². The smallest absolute Gasteiger partial charge is 0.219 e. The summed E-state index contributed by atoms with van der Waals surface area (Å²) in [6.07, 6.45) is 6.02. The summed E-state index contributed by atoms with van der Waals surface area (Å²) in [5.41, 5.74) is 7.91. The third-order valence-corrected chi connectivity index (χ3v) is 7.31. The fourth-order valence-corrected chi connectivity index (χ4v) is 5.35. The van der Waals surface area contributed by atoms with Crippen molar-refractivity contribution in [1.82, 2.24) is 9.47 Å². The topological polar surface area (TPSA) is 61.7 Å². The monoisotopic (exact) mass is 477 g/mol. The predicted octanol–water partition coefficient (Wildman–Crippen LogP) is 5.91. The molecule has 3 aromatic carbocycles. The van der Waals surface area contributed by atoms with Crippen LogP contribution in [-0.2, 0) is 11.3 Å². The SMILES string of the molecule is CC(=O)N1CCC(Nc2cc3c(c(-c4ccc5ccn(Cc6ccccc6)c5c4)c2)N=CCN3)CC1. The van der Waals surface area contributed by atoms with Gasteiger partial charge in [-0.05, 0) is 53.6 Å². The average Bonchev–Trinajstić information content (AvgIpc) is 3.31. The number of carbonyl (C=O) groups is 1. The molecule has 1 saturated heterocycles. The molecule has 182 valence electrons. The Bertz CT molecular complexity index is 1430. The first-order valence-electron chi connectivity index (χ1n) is 12.7. The third-order valence-electron chi connectivity index (χ3n) is 7.31. The largest absolute Gasteiger partial charge is 0.382 e. The van der Waals surface area contributed by atoms with Crippen LogP contribution in [0.2, 0.25) is 0 Å². The lowest BCUT2D eigenvalue weighted by Gasteiger charge is -2.32. The van der Waals surface area contributed by atoms with Gasteiger partial charge >= 0.3 is 0 Å². The highest BCUT2D eigenvalue weighted by Crippen LogP contribution is 2.42. The number of nitrogens with one attached hydrogen (secondary N) is 2. The lowest BCUT2D eigenvalue weighted by Crippen LogP contribution is -2.41. The van der Waals surface area contributed by atoms with Crippen molar-refractivity contribution in [3.63, 3.8) is 0 Å². The Hall–Kier alpha value is -4.06. The van der Waals surface area contributed by atoms with E-state index >= 15 is 0 Å². The van der Waals surface area contributed by atoms with Gasteiger partial charge in [0.05, 0.1) is 17.9 Å².